The van der Waals surface area contributed by atoms with Gasteiger partial charge in [-0.05, 0) is 6.07 Å². The Kier molecular flexibility index (Phi) is 5.09. The molecule has 0 aliphatic heterocycles. The molecule has 1 aromatic rings. The van der Waals surface area contributed by atoms with Crippen molar-refractivity contribution >= 4 is 0 Å². The summed E-state index contributed by atoms with van der Waals surface area (Å²) >= 11 is 0. The molecule has 0 aliphatic rings. The lowest BCUT2D eigenvalue weighted by Crippen LogP contribution is -2.36. The lowest BCUT2D eigenvalue weighted by Gasteiger charge is -2.17. The summed E-state index contributed by atoms with van der Waals surface area (Å²) in [4.78, 5) is 0. The molecule has 1 unspecified atom stereocenters. The second-order valence-electron chi connectivity index (χ2n) is 4.02. The largest absolute Gasteiger partial charge is 0.373 e. The van der Waals surface area contributed by atoms with E-state index in [2.05, 4.69) is 9.84 Å². The van der Waals surface area contributed by atoms with Crippen LogP contribution in [0.5, 0.6) is 0 Å². The number of rotatable bonds is 7. The van der Waals surface area contributed by atoms with E-state index in [0.717, 1.165) is 0 Å². The number of hydrogen-bond acceptors (Lipinski definition) is 3. The van der Waals surface area contributed by atoms with Crippen molar-refractivity contribution in [2.75, 3.05) is 13.2 Å². The molecule has 0 fully saturated rings. The van der Waals surface area contributed by atoms with Gasteiger partial charge in [0, 0.05) is 25.7 Å². The van der Waals surface area contributed by atoms with Crippen LogP contribution in [-0.2, 0) is 18.2 Å². The SMILES string of the molecule is Cn1ccc(CC(N)COCC(F)(F)C(F)F)n1. The zero-order chi connectivity index (χ0) is 13.8. The minimum atomic E-state index is -4.13. The van der Waals surface area contributed by atoms with Crippen LogP contribution in [0.1, 0.15) is 5.69 Å². The van der Waals surface area contributed by atoms with Crippen LogP contribution in [0.15, 0.2) is 12.3 Å². The average molecular weight is 269 g/mol. The monoisotopic (exact) mass is 269 g/mol. The summed E-state index contributed by atoms with van der Waals surface area (Å²) in [5.74, 6) is -4.13. The van der Waals surface area contributed by atoms with Gasteiger partial charge in [-0.25, -0.2) is 8.78 Å². The van der Waals surface area contributed by atoms with Gasteiger partial charge in [0.2, 0.25) is 0 Å². The quantitative estimate of drug-likeness (QED) is 0.757. The Labute approximate surface area is 102 Å². The number of hydrogen-bond donors (Lipinski definition) is 1. The highest BCUT2D eigenvalue weighted by Crippen LogP contribution is 2.22. The molecule has 0 bridgehead atoms. The molecule has 0 amide bonds. The van der Waals surface area contributed by atoms with E-state index < -0.39 is 25.0 Å². The minimum absolute atomic E-state index is 0.223. The van der Waals surface area contributed by atoms with Crippen LogP contribution in [0.4, 0.5) is 17.6 Å². The Morgan fingerprint density at radius 3 is 2.67 bits per heavy atom. The van der Waals surface area contributed by atoms with E-state index in [1.165, 1.54) is 0 Å². The van der Waals surface area contributed by atoms with Crippen LogP contribution in [-0.4, -0.2) is 41.4 Å². The summed E-state index contributed by atoms with van der Waals surface area (Å²) in [5, 5.41) is 4.05. The van der Waals surface area contributed by atoms with E-state index in [0.29, 0.717) is 12.1 Å². The number of aryl methyl sites for hydroxylation is 1. The molecular weight excluding hydrogens is 254 g/mol. The van der Waals surface area contributed by atoms with Crippen LogP contribution in [0, 0.1) is 0 Å². The number of nitrogens with two attached hydrogens (primary N) is 1. The number of ether oxygens (including phenoxy) is 1. The van der Waals surface area contributed by atoms with Crippen molar-refractivity contribution in [3.63, 3.8) is 0 Å². The fourth-order valence-corrected chi connectivity index (χ4v) is 1.31. The normalized spacial score (nSPS) is 14.2. The fraction of sp³-hybridized carbons (Fsp3) is 0.700. The van der Waals surface area contributed by atoms with Crippen LogP contribution in [0.25, 0.3) is 0 Å². The van der Waals surface area contributed by atoms with Gasteiger partial charge in [-0.1, -0.05) is 0 Å². The van der Waals surface area contributed by atoms with Gasteiger partial charge in [-0.15, -0.1) is 0 Å². The highest BCUT2D eigenvalue weighted by atomic mass is 19.3. The van der Waals surface area contributed by atoms with E-state index in [9.17, 15) is 17.6 Å². The maximum atomic E-state index is 12.5. The van der Waals surface area contributed by atoms with Gasteiger partial charge in [0.25, 0.3) is 0 Å². The van der Waals surface area contributed by atoms with Gasteiger partial charge in [0.1, 0.15) is 6.61 Å². The van der Waals surface area contributed by atoms with E-state index >= 15 is 0 Å². The van der Waals surface area contributed by atoms with Gasteiger partial charge in [-0.3, -0.25) is 4.68 Å². The van der Waals surface area contributed by atoms with Crippen molar-refractivity contribution in [2.45, 2.75) is 24.8 Å². The predicted molar refractivity (Wildman–Crippen MR) is 56.7 cm³/mol. The van der Waals surface area contributed by atoms with E-state index in [-0.39, 0.29) is 6.61 Å². The number of nitrogens with zero attached hydrogens (tertiary/aromatic N) is 2. The van der Waals surface area contributed by atoms with E-state index in [1.807, 2.05) is 0 Å². The molecular formula is C10H15F4N3O. The zero-order valence-electron chi connectivity index (χ0n) is 9.82. The fourth-order valence-electron chi connectivity index (χ4n) is 1.31. The molecule has 1 heterocycles. The lowest BCUT2D eigenvalue weighted by molar-refractivity contribution is -0.166. The summed E-state index contributed by atoms with van der Waals surface area (Å²) in [6, 6.07) is 1.17. The molecule has 1 aromatic heterocycles. The lowest BCUT2D eigenvalue weighted by atomic mass is 10.2. The Morgan fingerprint density at radius 2 is 2.17 bits per heavy atom. The second kappa shape index (κ2) is 6.14. The number of aromatic nitrogens is 2. The van der Waals surface area contributed by atoms with Gasteiger partial charge >= 0.3 is 12.3 Å². The second-order valence-corrected chi connectivity index (χ2v) is 4.02. The molecule has 0 aromatic carbocycles. The minimum Gasteiger partial charge on any atom is -0.373 e. The Morgan fingerprint density at radius 1 is 1.50 bits per heavy atom. The third-order valence-electron chi connectivity index (χ3n) is 2.19. The Hall–Kier alpha value is -1.15. The molecule has 18 heavy (non-hydrogen) atoms. The summed E-state index contributed by atoms with van der Waals surface area (Å²) in [6.07, 6.45) is -1.68. The molecule has 0 saturated carbocycles. The molecule has 0 spiro atoms. The molecule has 2 N–H and O–H groups in total. The zero-order valence-corrected chi connectivity index (χ0v) is 9.82. The average Bonchev–Trinajstić information content (AvgIpc) is 2.63. The number of halogens is 4. The molecule has 0 aliphatic carbocycles. The van der Waals surface area contributed by atoms with Crippen LogP contribution in [0.2, 0.25) is 0 Å². The molecule has 0 saturated heterocycles. The maximum absolute atomic E-state index is 12.5. The van der Waals surface area contributed by atoms with E-state index in [1.54, 1.807) is 24.0 Å². The van der Waals surface area contributed by atoms with Crippen LogP contribution < -0.4 is 5.73 Å². The van der Waals surface area contributed by atoms with Crippen molar-refractivity contribution in [1.82, 2.24) is 9.78 Å². The topological polar surface area (TPSA) is 53.1 Å². The molecule has 8 heteroatoms. The molecule has 1 atom stereocenters. The Balaban J connectivity index is 2.27. The summed E-state index contributed by atoms with van der Waals surface area (Å²) in [5.41, 5.74) is 6.30. The van der Waals surface area contributed by atoms with Crippen molar-refractivity contribution in [3.8, 4) is 0 Å². The molecule has 0 radical (unpaired) electrons. The highest BCUT2D eigenvalue weighted by molar-refractivity contribution is 5.00. The van der Waals surface area contributed by atoms with Gasteiger partial charge in [-0.2, -0.15) is 13.9 Å². The molecule has 4 nitrogen and oxygen atoms in total. The molecule has 1 rings (SSSR count). The van der Waals surface area contributed by atoms with Crippen LogP contribution in [0.3, 0.4) is 0 Å². The van der Waals surface area contributed by atoms with Crippen molar-refractivity contribution in [3.05, 3.63) is 18.0 Å². The van der Waals surface area contributed by atoms with Crippen molar-refractivity contribution < 1.29 is 22.3 Å². The maximum Gasteiger partial charge on any atom is 0.330 e. The first-order valence-electron chi connectivity index (χ1n) is 5.29. The van der Waals surface area contributed by atoms with Gasteiger partial charge in [0.15, 0.2) is 0 Å². The standard InChI is InChI=1S/C10H15F4N3O/c1-17-3-2-8(16-17)4-7(15)5-18-6-10(13,14)9(11)12/h2-3,7,9H,4-6,15H2,1H3. The summed E-state index contributed by atoms with van der Waals surface area (Å²) in [6.45, 7) is -1.56. The van der Waals surface area contributed by atoms with Gasteiger partial charge in [0.05, 0.1) is 12.3 Å². The first kappa shape index (κ1) is 14.9. The first-order valence-corrected chi connectivity index (χ1v) is 5.29. The van der Waals surface area contributed by atoms with Crippen molar-refractivity contribution in [1.29, 1.82) is 0 Å². The Bertz CT molecular complexity index is 370. The first-order chi connectivity index (χ1) is 8.31. The summed E-state index contributed by atoms with van der Waals surface area (Å²) in [7, 11) is 1.73. The van der Waals surface area contributed by atoms with Gasteiger partial charge < -0.3 is 10.5 Å². The predicted octanol–water partition coefficient (Wildman–Crippen LogP) is 1.21. The third kappa shape index (κ3) is 4.61. The van der Waals surface area contributed by atoms with E-state index in [4.69, 9.17) is 5.73 Å². The van der Waals surface area contributed by atoms with Crippen molar-refractivity contribution in [2.24, 2.45) is 12.8 Å². The smallest absolute Gasteiger partial charge is 0.330 e. The number of alkyl halides is 4. The third-order valence-corrected chi connectivity index (χ3v) is 2.19. The summed E-state index contributed by atoms with van der Waals surface area (Å²) < 4.78 is 54.7. The molecule has 104 valence electrons. The highest BCUT2D eigenvalue weighted by Gasteiger charge is 2.41. The van der Waals surface area contributed by atoms with Crippen LogP contribution >= 0.6 is 0 Å².